The van der Waals surface area contributed by atoms with Crippen LogP contribution in [0.2, 0.25) is 0 Å². The fourth-order valence-electron chi connectivity index (χ4n) is 2.47. The van der Waals surface area contributed by atoms with Crippen LogP contribution in [0.5, 0.6) is 0 Å². The highest BCUT2D eigenvalue weighted by Crippen LogP contribution is 2.43. The molecule has 0 N–H and O–H groups in total. The van der Waals surface area contributed by atoms with Crippen molar-refractivity contribution < 1.29 is 23.9 Å². The van der Waals surface area contributed by atoms with Gasteiger partial charge < -0.3 is 9.47 Å². The van der Waals surface area contributed by atoms with Crippen molar-refractivity contribution in [2.24, 2.45) is 11.3 Å². The number of rotatable bonds is 4. The maximum absolute atomic E-state index is 12.0. The molecule has 1 aliphatic rings. The van der Waals surface area contributed by atoms with E-state index >= 15 is 0 Å². The highest BCUT2D eigenvalue weighted by Gasteiger charge is 2.55. The molecule has 0 spiro atoms. The molecule has 98 valence electrons. The van der Waals surface area contributed by atoms with Crippen molar-refractivity contribution in [2.75, 3.05) is 14.2 Å². The Morgan fingerprint density at radius 1 is 1.39 bits per heavy atom. The zero-order chi connectivity index (χ0) is 13.8. The van der Waals surface area contributed by atoms with Gasteiger partial charge >= 0.3 is 11.9 Å². The fraction of sp³-hybridized carbons (Fsp3) is 0.615. The Hall–Kier alpha value is -1.83. The van der Waals surface area contributed by atoms with Crippen molar-refractivity contribution in [3.63, 3.8) is 0 Å². The smallest absolute Gasteiger partial charge is 0.324 e. The third-order valence-corrected chi connectivity index (χ3v) is 3.42. The predicted molar refractivity (Wildman–Crippen MR) is 62.3 cm³/mol. The number of ketones is 1. The molecule has 0 aliphatic heterocycles. The van der Waals surface area contributed by atoms with E-state index in [-0.39, 0.29) is 18.6 Å². The molecule has 1 fully saturated rings. The van der Waals surface area contributed by atoms with Gasteiger partial charge in [0.05, 0.1) is 14.2 Å². The summed E-state index contributed by atoms with van der Waals surface area (Å²) in [7, 11) is 2.38. The minimum absolute atomic E-state index is 0.0224. The standard InChI is InChI=1S/C13H16O5/c1-4-7-13(11(15)17-2,12(16)18-3)9-5-6-10(14)8-9/h1,9H,5-8H2,2-3H3. The van der Waals surface area contributed by atoms with Crippen LogP contribution in [0.4, 0.5) is 0 Å². The molecular formula is C13H16O5. The van der Waals surface area contributed by atoms with Crippen LogP contribution in [0.1, 0.15) is 25.7 Å². The van der Waals surface area contributed by atoms with Crippen molar-refractivity contribution in [1.29, 1.82) is 0 Å². The van der Waals surface area contributed by atoms with E-state index in [0.29, 0.717) is 12.8 Å². The highest BCUT2D eigenvalue weighted by molar-refractivity contribution is 6.01. The fourth-order valence-corrected chi connectivity index (χ4v) is 2.47. The van der Waals surface area contributed by atoms with E-state index in [4.69, 9.17) is 15.9 Å². The molecule has 0 aromatic carbocycles. The molecule has 1 aliphatic carbocycles. The number of hydrogen-bond donors (Lipinski definition) is 0. The topological polar surface area (TPSA) is 69.7 Å². The van der Waals surface area contributed by atoms with Crippen molar-refractivity contribution in [1.82, 2.24) is 0 Å². The van der Waals surface area contributed by atoms with Gasteiger partial charge in [0.1, 0.15) is 5.78 Å². The van der Waals surface area contributed by atoms with Crippen molar-refractivity contribution in [3.05, 3.63) is 0 Å². The third-order valence-electron chi connectivity index (χ3n) is 3.42. The van der Waals surface area contributed by atoms with Gasteiger partial charge in [0, 0.05) is 19.3 Å². The maximum Gasteiger partial charge on any atom is 0.324 e. The minimum Gasteiger partial charge on any atom is -0.468 e. The van der Waals surface area contributed by atoms with E-state index in [1.165, 1.54) is 14.2 Å². The molecule has 1 atom stereocenters. The average molecular weight is 252 g/mol. The lowest BCUT2D eigenvalue weighted by atomic mass is 9.72. The Morgan fingerprint density at radius 2 is 1.94 bits per heavy atom. The van der Waals surface area contributed by atoms with Crippen LogP contribution in [0.15, 0.2) is 0 Å². The van der Waals surface area contributed by atoms with E-state index < -0.39 is 23.3 Å². The number of methoxy groups -OCH3 is 2. The summed E-state index contributed by atoms with van der Waals surface area (Å²) in [4.78, 5) is 35.3. The van der Waals surface area contributed by atoms with E-state index in [0.717, 1.165) is 0 Å². The lowest BCUT2D eigenvalue weighted by Crippen LogP contribution is -2.46. The largest absolute Gasteiger partial charge is 0.468 e. The summed E-state index contributed by atoms with van der Waals surface area (Å²) < 4.78 is 9.38. The number of ether oxygens (including phenoxy) is 2. The summed E-state index contributed by atoms with van der Waals surface area (Å²) in [6.07, 6.45) is 6.09. The monoisotopic (exact) mass is 252 g/mol. The Bertz CT molecular complexity index is 388. The van der Waals surface area contributed by atoms with Crippen LogP contribution in [0.3, 0.4) is 0 Å². The van der Waals surface area contributed by atoms with Gasteiger partial charge in [-0.05, 0) is 12.3 Å². The van der Waals surface area contributed by atoms with Gasteiger partial charge in [-0.25, -0.2) is 0 Å². The predicted octanol–water partition coefficient (Wildman–Crippen LogP) is 0.711. The molecule has 1 unspecified atom stereocenters. The number of esters is 2. The van der Waals surface area contributed by atoms with Gasteiger partial charge in [-0.15, -0.1) is 12.3 Å². The first-order valence-corrected chi connectivity index (χ1v) is 5.65. The first kappa shape index (κ1) is 14.2. The minimum atomic E-state index is -1.55. The molecule has 0 amide bonds. The molecule has 1 rings (SSSR count). The summed E-state index contributed by atoms with van der Waals surface area (Å²) in [5.74, 6) is 0.437. The first-order valence-electron chi connectivity index (χ1n) is 5.65. The third kappa shape index (κ3) is 2.23. The molecule has 0 bridgehead atoms. The van der Waals surface area contributed by atoms with Crippen LogP contribution < -0.4 is 0 Å². The second kappa shape index (κ2) is 5.67. The molecule has 0 saturated heterocycles. The zero-order valence-electron chi connectivity index (χ0n) is 10.5. The van der Waals surface area contributed by atoms with Crippen molar-refractivity contribution in [3.8, 4) is 12.3 Å². The first-order chi connectivity index (χ1) is 8.52. The molecule has 18 heavy (non-hydrogen) atoms. The van der Waals surface area contributed by atoms with Gasteiger partial charge in [-0.2, -0.15) is 0 Å². The zero-order valence-corrected chi connectivity index (χ0v) is 10.5. The molecule has 0 aromatic heterocycles. The normalized spacial score (nSPS) is 19.2. The Morgan fingerprint density at radius 3 is 2.28 bits per heavy atom. The quantitative estimate of drug-likeness (QED) is 0.419. The Balaban J connectivity index is 3.20. The molecule has 5 heteroatoms. The second-order valence-electron chi connectivity index (χ2n) is 4.31. The molecule has 0 radical (unpaired) electrons. The van der Waals surface area contributed by atoms with Gasteiger partial charge in [-0.3, -0.25) is 14.4 Å². The SMILES string of the molecule is C#CCC(C(=O)OC)(C(=O)OC)C1CCC(=O)C1. The summed E-state index contributed by atoms with van der Waals surface area (Å²) in [6, 6.07) is 0. The van der Waals surface area contributed by atoms with E-state index in [1.54, 1.807) is 0 Å². The number of hydrogen-bond acceptors (Lipinski definition) is 5. The molecular weight excluding hydrogens is 236 g/mol. The molecule has 5 nitrogen and oxygen atoms in total. The van der Waals surface area contributed by atoms with Gasteiger partial charge in [-0.1, -0.05) is 0 Å². The number of carbonyl (C=O) groups excluding carboxylic acids is 3. The van der Waals surface area contributed by atoms with Crippen LogP contribution in [-0.2, 0) is 23.9 Å². The number of terminal acetylenes is 1. The van der Waals surface area contributed by atoms with Crippen LogP contribution in [0, 0.1) is 23.7 Å². The highest BCUT2D eigenvalue weighted by atomic mass is 16.5. The Labute approximate surface area is 106 Å². The lowest BCUT2D eigenvalue weighted by Gasteiger charge is -2.31. The van der Waals surface area contributed by atoms with E-state index in [2.05, 4.69) is 5.92 Å². The maximum atomic E-state index is 12.0. The van der Waals surface area contributed by atoms with E-state index in [1.807, 2.05) is 0 Å². The Kier molecular flexibility index (Phi) is 4.49. The van der Waals surface area contributed by atoms with Gasteiger partial charge in [0.15, 0.2) is 5.41 Å². The summed E-state index contributed by atoms with van der Waals surface area (Å²) in [6.45, 7) is 0. The summed E-state index contributed by atoms with van der Waals surface area (Å²) >= 11 is 0. The van der Waals surface area contributed by atoms with Crippen LogP contribution >= 0.6 is 0 Å². The van der Waals surface area contributed by atoms with Crippen molar-refractivity contribution in [2.45, 2.75) is 25.7 Å². The van der Waals surface area contributed by atoms with Crippen LogP contribution in [-0.4, -0.2) is 31.9 Å². The number of Topliss-reactive ketones (excluding diaryl/α,β-unsaturated/α-hetero) is 1. The van der Waals surface area contributed by atoms with Gasteiger partial charge in [0.2, 0.25) is 0 Å². The summed E-state index contributed by atoms with van der Waals surface area (Å²) in [5, 5.41) is 0. The number of carbonyl (C=O) groups is 3. The molecule has 1 saturated carbocycles. The van der Waals surface area contributed by atoms with E-state index in [9.17, 15) is 14.4 Å². The second-order valence-corrected chi connectivity index (χ2v) is 4.31. The molecule has 0 heterocycles. The lowest BCUT2D eigenvalue weighted by molar-refractivity contribution is -0.173. The van der Waals surface area contributed by atoms with Crippen LogP contribution in [0.25, 0.3) is 0 Å². The average Bonchev–Trinajstić information content (AvgIpc) is 2.81. The summed E-state index contributed by atoms with van der Waals surface area (Å²) in [5.41, 5.74) is -1.55. The van der Waals surface area contributed by atoms with Gasteiger partial charge in [0.25, 0.3) is 0 Å². The molecule has 0 aromatic rings. The van der Waals surface area contributed by atoms with Crippen molar-refractivity contribution >= 4 is 17.7 Å².